The molecule has 1 aliphatic carbocycles. The minimum atomic E-state index is -0.515. The van der Waals surface area contributed by atoms with Gasteiger partial charge < -0.3 is 24.3 Å². The molecule has 0 aliphatic heterocycles. The predicted octanol–water partition coefficient (Wildman–Crippen LogP) is 3.57. The van der Waals surface area contributed by atoms with E-state index in [4.69, 9.17) is 13.9 Å². The molecule has 0 spiro atoms. The lowest BCUT2D eigenvalue weighted by Crippen LogP contribution is -2.43. The van der Waals surface area contributed by atoms with Crippen LogP contribution in [0.25, 0.3) is 11.0 Å². The fourth-order valence-electron chi connectivity index (χ4n) is 3.68. The lowest BCUT2D eigenvalue weighted by molar-refractivity contribution is 0.0750. The van der Waals surface area contributed by atoms with Crippen LogP contribution in [0.15, 0.2) is 16.5 Å². The molecule has 3 rings (SSSR count). The molecule has 1 amide bonds. The first-order valence-corrected chi connectivity index (χ1v) is 9.19. The number of hydrogen-bond acceptors (Lipinski definition) is 5. The third kappa shape index (κ3) is 3.51. The molecule has 6 nitrogen and oxygen atoms in total. The molecule has 2 aromatic rings. The minimum Gasteiger partial charge on any atom is -0.493 e. The number of methoxy groups -OCH3 is 2. The van der Waals surface area contributed by atoms with Crippen LogP contribution in [0.1, 0.15) is 54.6 Å². The highest BCUT2D eigenvalue weighted by molar-refractivity contribution is 6.01. The average Bonchev–Trinajstić information content (AvgIpc) is 2.97. The fraction of sp³-hybridized carbons (Fsp3) is 0.550. The molecule has 2 atom stereocenters. The Kier molecular flexibility index (Phi) is 5.71. The molecule has 26 heavy (non-hydrogen) atoms. The Balaban J connectivity index is 1.89. The Bertz CT molecular complexity index is 782. The molecule has 2 N–H and O–H groups in total. The number of benzene rings is 1. The molecular formula is C20H27NO5. The maximum Gasteiger partial charge on any atom is 0.287 e. The zero-order valence-corrected chi connectivity index (χ0v) is 15.6. The van der Waals surface area contributed by atoms with Gasteiger partial charge in [-0.05, 0) is 31.9 Å². The van der Waals surface area contributed by atoms with Gasteiger partial charge in [0.2, 0.25) is 5.75 Å². The highest BCUT2D eigenvalue weighted by Gasteiger charge is 2.27. The Morgan fingerprint density at radius 2 is 1.88 bits per heavy atom. The summed E-state index contributed by atoms with van der Waals surface area (Å²) < 4.78 is 16.6. The van der Waals surface area contributed by atoms with Crippen molar-refractivity contribution in [2.45, 2.75) is 57.6 Å². The van der Waals surface area contributed by atoms with E-state index in [0.29, 0.717) is 17.1 Å². The molecule has 1 aromatic heterocycles. The molecule has 0 bridgehead atoms. The van der Waals surface area contributed by atoms with E-state index in [9.17, 15) is 9.90 Å². The van der Waals surface area contributed by atoms with E-state index in [1.807, 2.05) is 13.0 Å². The Labute approximate surface area is 153 Å². The van der Waals surface area contributed by atoms with Gasteiger partial charge in [-0.25, -0.2) is 0 Å². The summed E-state index contributed by atoms with van der Waals surface area (Å²) in [5, 5.41) is 14.1. The molecule has 1 aliphatic rings. The first-order chi connectivity index (χ1) is 12.6. The van der Waals surface area contributed by atoms with Crippen LogP contribution in [0.5, 0.6) is 11.5 Å². The maximum absolute atomic E-state index is 12.8. The molecule has 0 saturated heterocycles. The van der Waals surface area contributed by atoms with Crippen LogP contribution in [-0.4, -0.2) is 37.4 Å². The number of aryl methyl sites for hydroxylation is 1. The standard InChI is InChI=1S/C20H27NO5/c1-12-13-10-11-16(24-2)19(25-3)18(13)26-17(12)20(23)21-14-8-6-4-5-7-9-15(14)22/h10-11,14-15,22H,4-9H2,1-3H3,(H,21,23)/t14-,15-/m0/s1. The average molecular weight is 361 g/mol. The van der Waals surface area contributed by atoms with Gasteiger partial charge in [0.05, 0.1) is 26.4 Å². The van der Waals surface area contributed by atoms with E-state index >= 15 is 0 Å². The number of furan rings is 1. The lowest BCUT2D eigenvalue weighted by atomic mass is 9.94. The zero-order chi connectivity index (χ0) is 18.7. The quantitative estimate of drug-likeness (QED) is 0.870. The van der Waals surface area contributed by atoms with Crippen molar-refractivity contribution in [1.82, 2.24) is 5.32 Å². The summed E-state index contributed by atoms with van der Waals surface area (Å²) in [6.45, 7) is 1.85. The fourth-order valence-corrected chi connectivity index (χ4v) is 3.68. The van der Waals surface area contributed by atoms with Gasteiger partial charge in [0.25, 0.3) is 5.91 Å². The van der Waals surface area contributed by atoms with E-state index in [-0.39, 0.29) is 17.7 Å². The third-order valence-corrected chi connectivity index (χ3v) is 5.20. The summed E-state index contributed by atoms with van der Waals surface area (Å²) in [6, 6.07) is 3.41. The number of aliphatic hydroxyl groups excluding tert-OH is 1. The van der Waals surface area contributed by atoms with Crippen molar-refractivity contribution in [1.29, 1.82) is 0 Å². The van der Waals surface area contributed by atoms with Crippen LogP contribution >= 0.6 is 0 Å². The topological polar surface area (TPSA) is 80.9 Å². The molecule has 1 saturated carbocycles. The highest BCUT2D eigenvalue weighted by atomic mass is 16.5. The number of aliphatic hydroxyl groups is 1. The summed E-state index contributed by atoms with van der Waals surface area (Å²) in [4.78, 5) is 12.8. The molecule has 1 aromatic carbocycles. The van der Waals surface area contributed by atoms with Gasteiger partial charge >= 0.3 is 0 Å². The van der Waals surface area contributed by atoms with E-state index < -0.39 is 6.10 Å². The largest absolute Gasteiger partial charge is 0.493 e. The van der Waals surface area contributed by atoms with Gasteiger partial charge in [-0.1, -0.05) is 25.7 Å². The van der Waals surface area contributed by atoms with Crippen molar-refractivity contribution >= 4 is 16.9 Å². The molecule has 6 heteroatoms. The number of carbonyl (C=O) groups is 1. The predicted molar refractivity (Wildman–Crippen MR) is 99.0 cm³/mol. The summed E-state index contributed by atoms with van der Waals surface area (Å²) in [5.41, 5.74) is 1.24. The summed E-state index contributed by atoms with van der Waals surface area (Å²) >= 11 is 0. The number of hydrogen-bond donors (Lipinski definition) is 2. The SMILES string of the molecule is COc1ccc2c(C)c(C(=O)N[C@H]3CCCCCC[C@@H]3O)oc2c1OC. The van der Waals surface area contributed by atoms with Gasteiger partial charge in [-0.15, -0.1) is 0 Å². The molecule has 0 unspecified atom stereocenters. The van der Waals surface area contributed by atoms with E-state index in [2.05, 4.69) is 5.32 Å². The third-order valence-electron chi connectivity index (χ3n) is 5.20. The normalized spacial score (nSPS) is 21.1. The van der Waals surface area contributed by atoms with Gasteiger partial charge in [-0.3, -0.25) is 4.79 Å². The molecular weight excluding hydrogens is 334 g/mol. The molecule has 0 radical (unpaired) electrons. The second-order valence-electron chi connectivity index (χ2n) is 6.87. The highest BCUT2D eigenvalue weighted by Crippen LogP contribution is 2.39. The Morgan fingerprint density at radius 3 is 2.58 bits per heavy atom. The number of carbonyl (C=O) groups excluding carboxylic acids is 1. The van der Waals surface area contributed by atoms with E-state index in [1.54, 1.807) is 20.3 Å². The minimum absolute atomic E-state index is 0.244. The number of nitrogens with one attached hydrogen (secondary N) is 1. The van der Waals surface area contributed by atoms with Crippen LogP contribution in [-0.2, 0) is 0 Å². The molecule has 1 heterocycles. The number of ether oxygens (including phenoxy) is 2. The second-order valence-corrected chi connectivity index (χ2v) is 6.87. The number of amides is 1. The van der Waals surface area contributed by atoms with Crippen LogP contribution in [0.2, 0.25) is 0 Å². The molecule has 142 valence electrons. The van der Waals surface area contributed by atoms with Gasteiger partial charge in [0.15, 0.2) is 17.1 Å². The van der Waals surface area contributed by atoms with Crippen molar-refractivity contribution < 1.29 is 23.8 Å². The maximum atomic E-state index is 12.8. The summed E-state index contributed by atoms with van der Waals surface area (Å²) in [6.07, 6.45) is 5.26. The van der Waals surface area contributed by atoms with Gasteiger partial charge in [-0.2, -0.15) is 0 Å². The zero-order valence-electron chi connectivity index (χ0n) is 15.6. The monoisotopic (exact) mass is 361 g/mol. The van der Waals surface area contributed by atoms with Crippen LogP contribution in [0.4, 0.5) is 0 Å². The molecule has 1 fully saturated rings. The van der Waals surface area contributed by atoms with Crippen molar-refractivity contribution in [2.24, 2.45) is 0 Å². The van der Waals surface area contributed by atoms with Crippen molar-refractivity contribution in [3.8, 4) is 11.5 Å². The summed E-state index contributed by atoms with van der Waals surface area (Å²) in [7, 11) is 3.10. The van der Waals surface area contributed by atoms with Gasteiger partial charge in [0.1, 0.15) is 0 Å². The van der Waals surface area contributed by atoms with Gasteiger partial charge in [0, 0.05) is 10.9 Å². The Morgan fingerprint density at radius 1 is 1.15 bits per heavy atom. The van der Waals surface area contributed by atoms with Crippen LogP contribution in [0, 0.1) is 6.92 Å². The number of rotatable bonds is 4. The van der Waals surface area contributed by atoms with Crippen molar-refractivity contribution in [3.05, 3.63) is 23.5 Å². The summed E-state index contributed by atoms with van der Waals surface area (Å²) in [5.74, 6) is 0.972. The number of fused-ring (bicyclic) bond motifs is 1. The van der Waals surface area contributed by atoms with Crippen molar-refractivity contribution in [2.75, 3.05) is 14.2 Å². The first kappa shape index (κ1) is 18.6. The van der Waals surface area contributed by atoms with Crippen LogP contribution in [0.3, 0.4) is 0 Å². The lowest BCUT2D eigenvalue weighted by Gasteiger charge is -2.26. The Hall–Kier alpha value is -2.21. The smallest absolute Gasteiger partial charge is 0.287 e. The first-order valence-electron chi connectivity index (χ1n) is 9.19. The van der Waals surface area contributed by atoms with E-state index in [1.165, 1.54) is 0 Å². The van der Waals surface area contributed by atoms with Crippen LogP contribution < -0.4 is 14.8 Å². The van der Waals surface area contributed by atoms with E-state index in [0.717, 1.165) is 49.5 Å². The van der Waals surface area contributed by atoms with Crippen molar-refractivity contribution in [3.63, 3.8) is 0 Å². The second kappa shape index (κ2) is 7.99.